The van der Waals surface area contributed by atoms with E-state index in [4.69, 9.17) is 0 Å². The van der Waals surface area contributed by atoms with E-state index in [1.54, 1.807) is 0 Å². The number of hydrogen-bond acceptors (Lipinski definition) is 3. The van der Waals surface area contributed by atoms with Gasteiger partial charge in [-0.1, -0.05) is 0 Å². The first kappa shape index (κ1) is 18.3. The van der Waals surface area contributed by atoms with Gasteiger partial charge in [0.05, 0.1) is 5.92 Å². The normalized spacial score (nSPS) is 33.5. The second-order valence-corrected chi connectivity index (χ2v) is 6.61. The summed E-state index contributed by atoms with van der Waals surface area (Å²) in [5, 5.41) is 6.39. The average Bonchev–Trinajstić information content (AvgIpc) is 2.92. The molecule has 5 nitrogen and oxygen atoms in total. The lowest BCUT2D eigenvalue weighted by atomic mass is 9.98. The van der Waals surface area contributed by atoms with Gasteiger partial charge in [-0.3, -0.25) is 9.59 Å². The molecule has 0 radical (unpaired) electrons. The Kier molecular flexibility index (Phi) is 5.45. The molecular weight excluding hydrogens is 335 g/mol. The van der Waals surface area contributed by atoms with Crippen molar-refractivity contribution in [1.29, 1.82) is 0 Å². The molecule has 0 saturated carbocycles. The van der Waals surface area contributed by atoms with Crippen LogP contribution in [0.25, 0.3) is 0 Å². The molecule has 2 bridgehead atoms. The second kappa shape index (κ2) is 6.84. The molecule has 0 aliphatic carbocycles. The number of halogens is 4. The summed E-state index contributed by atoms with van der Waals surface area (Å²) in [5.41, 5.74) is 0. The summed E-state index contributed by atoms with van der Waals surface area (Å²) in [6.45, 7) is -1.41. The highest BCUT2D eigenvalue weighted by Gasteiger charge is 2.41. The Morgan fingerprint density at radius 1 is 1.26 bits per heavy atom. The van der Waals surface area contributed by atoms with Gasteiger partial charge in [0.25, 0.3) is 0 Å². The van der Waals surface area contributed by atoms with E-state index in [1.165, 1.54) is 0 Å². The Morgan fingerprint density at radius 2 is 1.87 bits per heavy atom. The molecule has 0 spiro atoms. The van der Waals surface area contributed by atoms with Crippen LogP contribution < -0.4 is 10.6 Å². The van der Waals surface area contributed by atoms with Crippen LogP contribution in [0.3, 0.4) is 0 Å². The van der Waals surface area contributed by atoms with E-state index in [1.807, 2.05) is 0 Å². The lowest BCUT2D eigenvalue weighted by Crippen LogP contribution is -2.49. The first-order valence-electron chi connectivity index (χ1n) is 7.71. The fourth-order valence-corrected chi connectivity index (χ4v) is 3.81. The molecule has 3 saturated heterocycles. The number of carbonyl (C=O) groups is 2. The van der Waals surface area contributed by atoms with Crippen LogP contribution in [0.1, 0.15) is 32.1 Å². The van der Waals surface area contributed by atoms with Gasteiger partial charge in [-0.15, -0.1) is 12.4 Å². The van der Waals surface area contributed by atoms with Crippen molar-refractivity contribution in [2.45, 2.75) is 56.4 Å². The van der Waals surface area contributed by atoms with Crippen LogP contribution in [0.2, 0.25) is 0 Å². The van der Waals surface area contributed by atoms with E-state index in [0.717, 1.165) is 30.6 Å². The van der Waals surface area contributed by atoms with Crippen molar-refractivity contribution in [3.8, 4) is 0 Å². The van der Waals surface area contributed by atoms with Gasteiger partial charge < -0.3 is 15.5 Å². The van der Waals surface area contributed by atoms with Crippen LogP contribution in [0.4, 0.5) is 13.2 Å². The fraction of sp³-hybridized carbons (Fsp3) is 0.857. The molecular formula is C14H21ClF3N3O2. The molecule has 3 rings (SSSR count). The van der Waals surface area contributed by atoms with E-state index in [-0.39, 0.29) is 37.3 Å². The number of nitrogens with one attached hydrogen (secondary N) is 2. The predicted octanol–water partition coefficient (Wildman–Crippen LogP) is 1.22. The third kappa shape index (κ3) is 4.50. The Bertz CT molecular complexity index is 463. The topological polar surface area (TPSA) is 61.4 Å². The molecule has 132 valence electrons. The Labute approximate surface area is 138 Å². The van der Waals surface area contributed by atoms with Crippen LogP contribution in [0.15, 0.2) is 0 Å². The molecule has 3 heterocycles. The maximum Gasteiger partial charge on any atom is 0.406 e. The van der Waals surface area contributed by atoms with Gasteiger partial charge in [0.15, 0.2) is 0 Å². The summed E-state index contributed by atoms with van der Waals surface area (Å²) in [4.78, 5) is 24.6. The molecule has 3 unspecified atom stereocenters. The summed E-state index contributed by atoms with van der Waals surface area (Å²) >= 11 is 0. The Balaban J connectivity index is 0.00000192. The zero-order valence-corrected chi connectivity index (χ0v) is 13.4. The second-order valence-electron chi connectivity index (χ2n) is 6.61. The minimum atomic E-state index is -4.42. The average molecular weight is 356 g/mol. The van der Waals surface area contributed by atoms with Crippen LogP contribution in [-0.2, 0) is 9.59 Å². The number of alkyl halides is 3. The maximum absolute atomic E-state index is 12.4. The molecule has 9 heteroatoms. The van der Waals surface area contributed by atoms with Crippen molar-refractivity contribution in [1.82, 2.24) is 15.5 Å². The summed E-state index contributed by atoms with van der Waals surface area (Å²) in [7, 11) is 0. The summed E-state index contributed by atoms with van der Waals surface area (Å²) < 4.78 is 37.1. The standard InChI is InChI=1S/C14H20F3N3O2.ClH/c15-14(16,17)7-20-6-8(3-12(20)21)13(22)19-11-4-9-1-2-10(5-11)18-9;/h8-11,18H,1-7H2,(H,19,22);1H. The lowest BCUT2D eigenvalue weighted by molar-refractivity contribution is -0.157. The highest BCUT2D eigenvalue weighted by Crippen LogP contribution is 2.28. The number of nitrogens with zero attached hydrogens (tertiary/aromatic N) is 1. The molecule has 3 atom stereocenters. The zero-order chi connectivity index (χ0) is 15.9. The van der Waals surface area contributed by atoms with Crippen molar-refractivity contribution in [3.63, 3.8) is 0 Å². The minimum absolute atomic E-state index is 0. The number of rotatable bonds is 3. The molecule has 2 N–H and O–H groups in total. The minimum Gasteiger partial charge on any atom is -0.353 e. The Morgan fingerprint density at radius 3 is 2.43 bits per heavy atom. The van der Waals surface area contributed by atoms with Crippen molar-refractivity contribution in [2.24, 2.45) is 5.92 Å². The van der Waals surface area contributed by atoms with E-state index in [9.17, 15) is 22.8 Å². The van der Waals surface area contributed by atoms with Crippen LogP contribution in [0.5, 0.6) is 0 Å². The zero-order valence-electron chi connectivity index (χ0n) is 12.6. The number of hydrogen-bond donors (Lipinski definition) is 2. The van der Waals surface area contributed by atoms with Crippen molar-refractivity contribution in [3.05, 3.63) is 0 Å². The molecule has 3 aliphatic rings. The van der Waals surface area contributed by atoms with Gasteiger partial charge in [-0.2, -0.15) is 13.2 Å². The highest BCUT2D eigenvalue weighted by molar-refractivity contribution is 5.89. The molecule has 0 aromatic carbocycles. The van der Waals surface area contributed by atoms with Crippen molar-refractivity contribution in [2.75, 3.05) is 13.1 Å². The van der Waals surface area contributed by atoms with Crippen molar-refractivity contribution >= 4 is 24.2 Å². The fourth-order valence-electron chi connectivity index (χ4n) is 3.81. The molecule has 3 aliphatic heterocycles. The van der Waals surface area contributed by atoms with Gasteiger partial charge in [0.1, 0.15) is 6.54 Å². The van der Waals surface area contributed by atoms with E-state index in [0.29, 0.717) is 12.1 Å². The number of fused-ring (bicyclic) bond motifs is 2. The van der Waals surface area contributed by atoms with Gasteiger partial charge in [-0.25, -0.2) is 0 Å². The number of likely N-dealkylation sites (tertiary alicyclic amines) is 1. The van der Waals surface area contributed by atoms with Crippen LogP contribution in [-0.4, -0.2) is 54.1 Å². The first-order valence-corrected chi connectivity index (χ1v) is 7.71. The predicted molar refractivity (Wildman–Crippen MR) is 79.1 cm³/mol. The number of amides is 2. The third-order valence-electron chi connectivity index (χ3n) is 4.77. The number of piperidine rings is 1. The van der Waals surface area contributed by atoms with Gasteiger partial charge in [0.2, 0.25) is 11.8 Å². The molecule has 0 aromatic heterocycles. The SMILES string of the molecule is Cl.O=C(NC1CC2CCC(C1)N2)C1CC(=O)N(CC(F)(F)F)C1. The van der Waals surface area contributed by atoms with E-state index >= 15 is 0 Å². The van der Waals surface area contributed by atoms with Gasteiger partial charge in [-0.05, 0) is 25.7 Å². The monoisotopic (exact) mass is 355 g/mol. The first-order chi connectivity index (χ1) is 10.3. The van der Waals surface area contributed by atoms with E-state index in [2.05, 4.69) is 10.6 Å². The molecule has 2 amide bonds. The van der Waals surface area contributed by atoms with Gasteiger partial charge >= 0.3 is 6.18 Å². The highest BCUT2D eigenvalue weighted by atomic mass is 35.5. The van der Waals surface area contributed by atoms with Crippen LogP contribution >= 0.6 is 12.4 Å². The molecule has 23 heavy (non-hydrogen) atoms. The smallest absolute Gasteiger partial charge is 0.353 e. The largest absolute Gasteiger partial charge is 0.406 e. The molecule has 0 aromatic rings. The molecule has 3 fully saturated rings. The Hall–Kier alpha value is -1.02. The quantitative estimate of drug-likeness (QED) is 0.800. The van der Waals surface area contributed by atoms with Crippen molar-refractivity contribution < 1.29 is 22.8 Å². The summed E-state index contributed by atoms with van der Waals surface area (Å²) in [6.07, 6.45) is -0.615. The lowest BCUT2D eigenvalue weighted by Gasteiger charge is -2.30. The number of carbonyl (C=O) groups excluding carboxylic acids is 2. The summed E-state index contributed by atoms with van der Waals surface area (Å²) in [5.74, 6) is -1.55. The van der Waals surface area contributed by atoms with Gasteiger partial charge in [0, 0.05) is 31.1 Å². The van der Waals surface area contributed by atoms with E-state index < -0.39 is 24.5 Å². The summed E-state index contributed by atoms with van der Waals surface area (Å²) in [6, 6.07) is 0.921. The maximum atomic E-state index is 12.4. The van der Waals surface area contributed by atoms with Crippen LogP contribution in [0, 0.1) is 5.92 Å². The third-order valence-corrected chi connectivity index (χ3v) is 4.77.